The average molecular weight is 431 g/mol. The van der Waals surface area contributed by atoms with Crippen molar-refractivity contribution in [2.75, 3.05) is 36.5 Å². The fourth-order valence-corrected chi connectivity index (χ4v) is 4.71. The number of hydrogen-bond acceptors (Lipinski definition) is 4. The Kier molecular flexibility index (Phi) is 6.21. The van der Waals surface area contributed by atoms with E-state index in [9.17, 15) is 4.79 Å². The number of carbonyl (C=O) groups is 1. The number of fused-ring (bicyclic) bond motifs is 1. The lowest BCUT2D eigenvalue weighted by Gasteiger charge is -2.30. The molecule has 2 amide bonds. The predicted octanol–water partition coefficient (Wildman–Crippen LogP) is 5.19. The highest BCUT2D eigenvalue weighted by Gasteiger charge is 2.18. The summed E-state index contributed by atoms with van der Waals surface area (Å²) in [5.74, 6) is 0. The summed E-state index contributed by atoms with van der Waals surface area (Å²) in [7, 11) is 0. The second-order valence-electron chi connectivity index (χ2n) is 8.66. The lowest BCUT2D eigenvalue weighted by atomic mass is 9.96. The summed E-state index contributed by atoms with van der Waals surface area (Å²) < 4.78 is 5.57. The molecule has 3 aromatic rings. The molecule has 0 atom stereocenters. The third kappa shape index (κ3) is 4.70. The second-order valence-corrected chi connectivity index (χ2v) is 8.66. The van der Waals surface area contributed by atoms with E-state index in [1.807, 2.05) is 36.4 Å². The summed E-state index contributed by atoms with van der Waals surface area (Å²) >= 11 is 0. The standard InChI is InChI=1S/C26H30N4O2/c31-26(27-20-9-5-2-6-10-20)28-21-11-12-23-22(17-21)25(30-13-15-32-16-14-30)18-24(29-23)19-7-3-1-4-8-19/h1,3-4,7-8,11-12,17-18,20H,2,5-6,9-10,13-16H2,(H2,27,28,31). The molecule has 2 N–H and O–H groups in total. The van der Waals surface area contributed by atoms with Crippen LogP contribution in [0.25, 0.3) is 22.2 Å². The molecule has 1 aromatic heterocycles. The minimum atomic E-state index is -0.127. The van der Waals surface area contributed by atoms with Gasteiger partial charge in [-0.25, -0.2) is 9.78 Å². The van der Waals surface area contributed by atoms with E-state index in [4.69, 9.17) is 9.72 Å². The molecule has 0 unspecified atom stereocenters. The zero-order chi connectivity index (χ0) is 21.8. The summed E-state index contributed by atoms with van der Waals surface area (Å²) in [5.41, 5.74) is 4.89. The number of ether oxygens (including phenoxy) is 1. The minimum absolute atomic E-state index is 0.127. The summed E-state index contributed by atoms with van der Waals surface area (Å²) in [6.45, 7) is 3.11. The highest BCUT2D eigenvalue weighted by molar-refractivity contribution is 5.99. The quantitative estimate of drug-likeness (QED) is 0.598. The molecule has 2 aliphatic rings. The monoisotopic (exact) mass is 430 g/mol. The Balaban J connectivity index is 1.46. The van der Waals surface area contributed by atoms with Crippen LogP contribution >= 0.6 is 0 Å². The van der Waals surface area contributed by atoms with E-state index in [0.717, 1.165) is 59.5 Å². The third-order valence-electron chi connectivity index (χ3n) is 6.41. The Morgan fingerprint density at radius 2 is 1.75 bits per heavy atom. The molecule has 1 saturated heterocycles. The number of amides is 2. The summed E-state index contributed by atoms with van der Waals surface area (Å²) in [4.78, 5) is 19.9. The Hall–Kier alpha value is -3.12. The van der Waals surface area contributed by atoms with E-state index in [0.29, 0.717) is 13.2 Å². The van der Waals surface area contributed by atoms with Crippen molar-refractivity contribution in [3.05, 3.63) is 54.6 Å². The van der Waals surface area contributed by atoms with Crippen molar-refractivity contribution in [3.63, 3.8) is 0 Å². The summed E-state index contributed by atoms with van der Waals surface area (Å²) in [6, 6.07) is 18.6. The van der Waals surface area contributed by atoms with Crippen molar-refractivity contribution in [1.82, 2.24) is 10.3 Å². The number of carbonyl (C=O) groups excluding carboxylic acids is 1. The van der Waals surface area contributed by atoms with Crippen molar-refractivity contribution in [2.45, 2.75) is 38.1 Å². The number of benzene rings is 2. The normalized spacial score (nSPS) is 17.3. The SMILES string of the molecule is O=C(Nc1ccc2nc(-c3ccccc3)cc(N3CCOCC3)c2c1)NC1CCCCC1. The van der Waals surface area contributed by atoms with Gasteiger partial charge < -0.3 is 20.3 Å². The lowest BCUT2D eigenvalue weighted by molar-refractivity contribution is 0.123. The maximum atomic E-state index is 12.6. The van der Waals surface area contributed by atoms with Gasteiger partial charge in [0, 0.05) is 41.5 Å². The molecule has 5 rings (SSSR count). The van der Waals surface area contributed by atoms with Crippen LogP contribution in [0.15, 0.2) is 54.6 Å². The summed E-state index contributed by atoms with van der Waals surface area (Å²) in [6.07, 6.45) is 5.79. The van der Waals surface area contributed by atoms with Gasteiger partial charge in [-0.2, -0.15) is 0 Å². The first kappa shape index (κ1) is 20.8. The summed E-state index contributed by atoms with van der Waals surface area (Å²) in [5, 5.41) is 7.21. The maximum Gasteiger partial charge on any atom is 0.319 e. The van der Waals surface area contributed by atoms with Gasteiger partial charge in [0.15, 0.2) is 0 Å². The number of nitrogens with one attached hydrogen (secondary N) is 2. The van der Waals surface area contributed by atoms with E-state index in [-0.39, 0.29) is 12.1 Å². The first-order chi connectivity index (χ1) is 15.8. The third-order valence-corrected chi connectivity index (χ3v) is 6.41. The minimum Gasteiger partial charge on any atom is -0.378 e. The fraction of sp³-hybridized carbons (Fsp3) is 0.385. The zero-order valence-electron chi connectivity index (χ0n) is 18.3. The van der Waals surface area contributed by atoms with Gasteiger partial charge in [0.25, 0.3) is 0 Å². The van der Waals surface area contributed by atoms with Crippen LogP contribution in [0.2, 0.25) is 0 Å². The Morgan fingerprint density at radius 1 is 0.969 bits per heavy atom. The molecule has 2 fully saturated rings. The van der Waals surface area contributed by atoms with E-state index in [2.05, 4.69) is 33.7 Å². The molecule has 0 bridgehead atoms. The van der Waals surface area contributed by atoms with E-state index in [1.165, 1.54) is 19.3 Å². The van der Waals surface area contributed by atoms with Gasteiger partial charge in [0.2, 0.25) is 0 Å². The Labute approximate surface area is 189 Å². The smallest absolute Gasteiger partial charge is 0.319 e. The van der Waals surface area contributed by atoms with Gasteiger partial charge in [-0.1, -0.05) is 49.6 Å². The van der Waals surface area contributed by atoms with Gasteiger partial charge in [-0.3, -0.25) is 0 Å². The number of morpholine rings is 1. The largest absolute Gasteiger partial charge is 0.378 e. The number of urea groups is 1. The number of pyridine rings is 1. The topological polar surface area (TPSA) is 66.5 Å². The molecule has 6 heteroatoms. The Bertz CT molecular complexity index is 1070. The van der Waals surface area contributed by atoms with Crippen LogP contribution in [0.1, 0.15) is 32.1 Å². The number of aromatic nitrogens is 1. The van der Waals surface area contributed by atoms with Crippen molar-refractivity contribution in [1.29, 1.82) is 0 Å². The number of anilines is 2. The molecule has 0 spiro atoms. The first-order valence-corrected chi connectivity index (χ1v) is 11.7. The highest BCUT2D eigenvalue weighted by Crippen LogP contribution is 2.33. The molecular weight excluding hydrogens is 400 g/mol. The number of hydrogen-bond donors (Lipinski definition) is 2. The van der Waals surface area contributed by atoms with Crippen molar-refractivity contribution in [2.24, 2.45) is 0 Å². The average Bonchev–Trinajstić information content (AvgIpc) is 2.85. The van der Waals surface area contributed by atoms with Crippen molar-refractivity contribution < 1.29 is 9.53 Å². The van der Waals surface area contributed by atoms with Crippen LogP contribution in [0.4, 0.5) is 16.2 Å². The second kappa shape index (κ2) is 9.57. The van der Waals surface area contributed by atoms with Crippen LogP contribution in [-0.2, 0) is 4.74 Å². The van der Waals surface area contributed by atoms with Crippen LogP contribution < -0.4 is 15.5 Å². The van der Waals surface area contributed by atoms with Crippen LogP contribution in [0.5, 0.6) is 0 Å². The molecule has 1 aliphatic carbocycles. The maximum absolute atomic E-state index is 12.6. The van der Waals surface area contributed by atoms with Gasteiger partial charge in [0.1, 0.15) is 0 Å². The molecule has 1 aliphatic heterocycles. The molecule has 2 aromatic carbocycles. The molecule has 2 heterocycles. The first-order valence-electron chi connectivity index (χ1n) is 11.7. The van der Waals surface area contributed by atoms with E-state index >= 15 is 0 Å². The van der Waals surface area contributed by atoms with Gasteiger partial charge in [-0.05, 0) is 37.1 Å². The van der Waals surface area contributed by atoms with Crippen LogP contribution in [-0.4, -0.2) is 43.4 Å². The molecule has 32 heavy (non-hydrogen) atoms. The van der Waals surface area contributed by atoms with Gasteiger partial charge in [-0.15, -0.1) is 0 Å². The van der Waals surface area contributed by atoms with Crippen molar-refractivity contribution in [3.8, 4) is 11.3 Å². The van der Waals surface area contributed by atoms with E-state index in [1.54, 1.807) is 0 Å². The molecular formula is C26H30N4O2. The lowest BCUT2D eigenvalue weighted by Crippen LogP contribution is -2.39. The molecule has 0 radical (unpaired) electrons. The molecule has 1 saturated carbocycles. The van der Waals surface area contributed by atoms with Crippen molar-refractivity contribution >= 4 is 28.3 Å². The Morgan fingerprint density at radius 3 is 2.53 bits per heavy atom. The zero-order valence-corrected chi connectivity index (χ0v) is 18.3. The fourth-order valence-electron chi connectivity index (χ4n) is 4.71. The van der Waals surface area contributed by atoms with Gasteiger partial charge in [0.05, 0.1) is 24.4 Å². The van der Waals surface area contributed by atoms with Crippen LogP contribution in [0, 0.1) is 0 Å². The van der Waals surface area contributed by atoms with Gasteiger partial charge >= 0.3 is 6.03 Å². The highest BCUT2D eigenvalue weighted by atomic mass is 16.5. The number of rotatable bonds is 4. The van der Waals surface area contributed by atoms with Crippen LogP contribution in [0.3, 0.4) is 0 Å². The molecule has 6 nitrogen and oxygen atoms in total. The predicted molar refractivity (Wildman–Crippen MR) is 129 cm³/mol. The molecule has 166 valence electrons. The number of nitrogens with zero attached hydrogens (tertiary/aromatic N) is 2. The van der Waals surface area contributed by atoms with E-state index < -0.39 is 0 Å².